The molecule has 1 aromatic carbocycles. The van der Waals surface area contributed by atoms with Gasteiger partial charge in [0.1, 0.15) is 18.1 Å². The summed E-state index contributed by atoms with van der Waals surface area (Å²) < 4.78 is 7.59. The molecule has 3 aromatic rings. The summed E-state index contributed by atoms with van der Waals surface area (Å²) in [5.41, 5.74) is 1.92. The van der Waals surface area contributed by atoms with E-state index in [1.165, 1.54) is 0 Å². The number of hydrogen-bond acceptors (Lipinski definition) is 3. The number of nitrogens with zero attached hydrogens (tertiary/aromatic N) is 2. The lowest BCUT2D eigenvalue weighted by molar-refractivity contribution is 0.248. The minimum absolute atomic E-state index is 0.0944. The first kappa shape index (κ1) is 12.0. The number of hydrogen-bond donors (Lipinski definition) is 1. The molecule has 1 N–H and O–H groups in total. The van der Waals surface area contributed by atoms with Crippen molar-refractivity contribution in [3.63, 3.8) is 0 Å². The molecule has 0 bridgehead atoms. The van der Waals surface area contributed by atoms with Gasteiger partial charge in [-0.2, -0.15) is 5.10 Å². The van der Waals surface area contributed by atoms with Gasteiger partial charge in [0.15, 0.2) is 5.76 Å². The Morgan fingerprint density at radius 3 is 2.68 bits per heavy atom. The molecule has 0 atom stereocenters. The van der Waals surface area contributed by atoms with E-state index in [0.717, 1.165) is 16.6 Å². The normalized spacial score (nSPS) is 11.6. The number of fused-ring (bicyclic) bond motifs is 1. The summed E-state index contributed by atoms with van der Waals surface area (Å²) in [5, 5.41) is 14.8. The summed E-state index contributed by atoms with van der Waals surface area (Å²) in [6.45, 7) is 4.11. The van der Waals surface area contributed by atoms with Gasteiger partial charge in [-0.3, -0.25) is 4.68 Å². The first-order chi connectivity index (χ1) is 9.20. The van der Waals surface area contributed by atoms with Crippen LogP contribution in [0.2, 0.25) is 0 Å². The molecule has 0 fully saturated rings. The van der Waals surface area contributed by atoms with Crippen molar-refractivity contribution >= 4 is 10.9 Å². The van der Waals surface area contributed by atoms with Crippen molar-refractivity contribution in [1.29, 1.82) is 0 Å². The number of aliphatic hydroxyl groups is 1. The van der Waals surface area contributed by atoms with Crippen LogP contribution in [0.1, 0.15) is 25.6 Å². The predicted molar refractivity (Wildman–Crippen MR) is 73.7 cm³/mol. The standard InChI is InChI=1S/C15H16N2O2/c1-10(2)17-13-6-4-3-5-12(13)15(16-17)14-8-7-11(9-18)19-14/h3-8,10,18H,9H2,1-2H3. The number of rotatable bonds is 3. The van der Waals surface area contributed by atoms with Gasteiger partial charge < -0.3 is 9.52 Å². The Morgan fingerprint density at radius 1 is 1.21 bits per heavy atom. The highest BCUT2D eigenvalue weighted by Gasteiger charge is 2.16. The zero-order valence-electron chi connectivity index (χ0n) is 11.0. The second-order valence-electron chi connectivity index (χ2n) is 4.83. The molecule has 0 saturated heterocycles. The van der Waals surface area contributed by atoms with Gasteiger partial charge in [-0.25, -0.2) is 0 Å². The lowest BCUT2D eigenvalue weighted by atomic mass is 10.2. The van der Waals surface area contributed by atoms with Gasteiger partial charge >= 0.3 is 0 Å². The van der Waals surface area contributed by atoms with E-state index in [-0.39, 0.29) is 12.6 Å². The number of aliphatic hydroxyl groups excluding tert-OH is 1. The average molecular weight is 256 g/mol. The van der Waals surface area contributed by atoms with Crippen molar-refractivity contribution in [2.24, 2.45) is 0 Å². The van der Waals surface area contributed by atoms with Crippen molar-refractivity contribution in [2.75, 3.05) is 0 Å². The maximum absolute atomic E-state index is 9.09. The molecule has 0 aliphatic rings. The molecule has 0 saturated carbocycles. The predicted octanol–water partition coefficient (Wildman–Crippen LogP) is 3.37. The molecule has 0 aliphatic carbocycles. The number of benzene rings is 1. The van der Waals surface area contributed by atoms with E-state index in [0.29, 0.717) is 11.5 Å². The quantitative estimate of drug-likeness (QED) is 0.781. The summed E-state index contributed by atoms with van der Waals surface area (Å²) in [5.74, 6) is 1.25. The Bertz CT molecular complexity index is 710. The molecule has 4 heteroatoms. The van der Waals surface area contributed by atoms with Crippen LogP contribution in [0.3, 0.4) is 0 Å². The monoisotopic (exact) mass is 256 g/mol. The largest absolute Gasteiger partial charge is 0.457 e. The van der Waals surface area contributed by atoms with Crippen molar-refractivity contribution in [3.8, 4) is 11.5 Å². The highest BCUT2D eigenvalue weighted by Crippen LogP contribution is 2.30. The Balaban J connectivity index is 2.23. The van der Waals surface area contributed by atoms with Crippen LogP contribution >= 0.6 is 0 Å². The molecule has 0 aliphatic heterocycles. The minimum atomic E-state index is -0.0944. The van der Waals surface area contributed by atoms with Crippen molar-refractivity contribution in [2.45, 2.75) is 26.5 Å². The van der Waals surface area contributed by atoms with E-state index < -0.39 is 0 Å². The van der Waals surface area contributed by atoms with E-state index >= 15 is 0 Å². The molecule has 2 heterocycles. The van der Waals surface area contributed by atoms with Crippen LogP contribution in [-0.2, 0) is 6.61 Å². The van der Waals surface area contributed by atoms with Crippen LogP contribution in [0.15, 0.2) is 40.8 Å². The molecule has 0 radical (unpaired) electrons. The summed E-state index contributed by atoms with van der Waals surface area (Å²) in [6.07, 6.45) is 0. The van der Waals surface area contributed by atoms with Crippen molar-refractivity contribution in [3.05, 3.63) is 42.2 Å². The van der Waals surface area contributed by atoms with Gasteiger partial charge in [0.25, 0.3) is 0 Å². The zero-order chi connectivity index (χ0) is 13.4. The van der Waals surface area contributed by atoms with Gasteiger partial charge in [-0.05, 0) is 32.0 Å². The van der Waals surface area contributed by atoms with Crippen LogP contribution in [0.5, 0.6) is 0 Å². The number of furan rings is 1. The Morgan fingerprint density at radius 2 is 2.00 bits per heavy atom. The lowest BCUT2D eigenvalue weighted by Crippen LogP contribution is -2.02. The van der Waals surface area contributed by atoms with E-state index in [2.05, 4.69) is 25.0 Å². The van der Waals surface area contributed by atoms with Crippen molar-refractivity contribution in [1.82, 2.24) is 9.78 Å². The minimum Gasteiger partial charge on any atom is -0.457 e. The molecule has 0 amide bonds. The average Bonchev–Trinajstić information content (AvgIpc) is 3.02. The summed E-state index contributed by atoms with van der Waals surface area (Å²) in [7, 11) is 0. The molecule has 0 unspecified atom stereocenters. The van der Waals surface area contributed by atoms with E-state index in [1.807, 2.05) is 28.9 Å². The fourth-order valence-electron chi connectivity index (χ4n) is 2.25. The molecule has 19 heavy (non-hydrogen) atoms. The van der Waals surface area contributed by atoms with Gasteiger partial charge in [-0.1, -0.05) is 18.2 Å². The van der Waals surface area contributed by atoms with E-state index in [9.17, 15) is 0 Å². The molecular weight excluding hydrogens is 240 g/mol. The van der Waals surface area contributed by atoms with Crippen LogP contribution in [0, 0.1) is 0 Å². The van der Waals surface area contributed by atoms with Gasteiger partial charge in [0, 0.05) is 11.4 Å². The summed E-state index contributed by atoms with van der Waals surface area (Å²) >= 11 is 0. The molecular formula is C15H16N2O2. The van der Waals surface area contributed by atoms with Crippen LogP contribution in [-0.4, -0.2) is 14.9 Å². The zero-order valence-corrected chi connectivity index (χ0v) is 11.0. The summed E-state index contributed by atoms with van der Waals surface area (Å²) in [6, 6.07) is 12.0. The highest BCUT2D eigenvalue weighted by molar-refractivity contribution is 5.92. The Kier molecular flexibility index (Phi) is 2.87. The van der Waals surface area contributed by atoms with E-state index in [1.54, 1.807) is 6.07 Å². The maximum atomic E-state index is 9.09. The third-order valence-electron chi connectivity index (χ3n) is 3.15. The van der Waals surface area contributed by atoms with Gasteiger partial charge in [-0.15, -0.1) is 0 Å². The van der Waals surface area contributed by atoms with Crippen molar-refractivity contribution < 1.29 is 9.52 Å². The maximum Gasteiger partial charge on any atom is 0.155 e. The molecule has 4 nitrogen and oxygen atoms in total. The van der Waals surface area contributed by atoms with Crippen LogP contribution in [0.25, 0.3) is 22.4 Å². The third-order valence-corrected chi connectivity index (χ3v) is 3.15. The number of aromatic nitrogens is 2. The number of para-hydroxylation sites is 1. The van der Waals surface area contributed by atoms with Crippen LogP contribution in [0.4, 0.5) is 0 Å². The fourth-order valence-corrected chi connectivity index (χ4v) is 2.25. The smallest absolute Gasteiger partial charge is 0.155 e. The lowest BCUT2D eigenvalue weighted by Gasteiger charge is -2.05. The Labute approximate surface area is 111 Å². The first-order valence-corrected chi connectivity index (χ1v) is 6.38. The second-order valence-corrected chi connectivity index (χ2v) is 4.83. The van der Waals surface area contributed by atoms with E-state index in [4.69, 9.17) is 9.52 Å². The summed E-state index contributed by atoms with van der Waals surface area (Å²) in [4.78, 5) is 0. The Hall–Kier alpha value is -2.07. The van der Waals surface area contributed by atoms with Gasteiger partial charge in [0.2, 0.25) is 0 Å². The first-order valence-electron chi connectivity index (χ1n) is 6.38. The fraction of sp³-hybridized carbons (Fsp3) is 0.267. The molecule has 3 rings (SSSR count). The topological polar surface area (TPSA) is 51.2 Å². The SMILES string of the molecule is CC(C)n1nc(-c2ccc(CO)o2)c2ccccc21. The molecule has 98 valence electrons. The third kappa shape index (κ3) is 1.94. The highest BCUT2D eigenvalue weighted by atomic mass is 16.4. The molecule has 2 aromatic heterocycles. The molecule has 0 spiro atoms. The second kappa shape index (κ2) is 4.55. The van der Waals surface area contributed by atoms with Crippen LogP contribution < -0.4 is 0 Å². The van der Waals surface area contributed by atoms with Gasteiger partial charge in [0.05, 0.1) is 5.52 Å².